The van der Waals surface area contributed by atoms with Crippen molar-refractivity contribution >= 4 is 33.7 Å². The number of piperazine rings is 1. The van der Waals surface area contributed by atoms with Crippen LogP contribution in [0, 0.1) is 0 Å². The fourth-order valence-corrected chi connectivity index (χ4v) is 5.01. The van der Waals surface area contributed by atoms with Crippen LogP contribution in [0.1, 0.15) is 0 Å². The number of nitrogens with zero attached hydrogens (tertiary/aromatic N) is 2. The van der Waals surface area contributed by atoms with Crippen LogP contribution in [0.2, 0.25) is 0 Å². The monoisotopic (exact) mass is 434 g/mol. The zero-order chi connectivity index (χ0) is 20.7. The molecule has 0 atom stereocenters. The van der Waals surface area contributed by atoms with E-state index in [0.717, 1.165) is 4.90 Å². The van der Waals surface area contributed by atoms with E-state index >= 15 is 0 Å². The molecule has 3 rings (SSSR count). The minimum atomic E-state index is -3.56. The van der Waals surface area contributed by atoms with Gasteiger partial charge in [-0.2, -0.15) is 4.31 Å². The zero-order valence-corrected chi connectivity index (χ0v) is 17.4. The van der Waals surface area contributed by atoms with E-state index in [1.807, 2.05) is 30.3 Å². The fourth-order valence-electron chi connectivity index (χ4n) is 2.85. The van der Waals surface area contributed by atoms with Gasteiger partial charge < -0.3 is 9.64 Å². The van der Waals surface area contributed by atoms with Crippen LogP contribution in [-0.2, 0) is 24.3 Å². The Bertz CT molecular complexity index is 928. The normalized spacial score (nSPS) is 15.1. The second-order valence-electron chi connectivity index (χ2n) is 6.36. The van der Waals surface area contributed by atoms with E-state index in [2.05, 4.69) is 0 Å². The number of carbonyl (C=O) groups excluding carboxylic acids is 2. The minimum Gasteiger partial charge on any atom is -0.455 e. The van der Waals surface area contributed by atoms with Gasteiger partial charge >= 0.3 is 5.97 Å². The third kappa shape index (κ3) is 5.81. The molecule has 0 saturated carbocycles. The summed E-state index contributed by atoms with van der Waals surface area (Å²) in [5, 5.41) is 0. The number of benzene rings is 2. The first-order chi connectivity index (χ1) is 14.0. The van der Waals surface area contributed by atoms with Gasteiger partial charge in [0.25, 0.3) is 5.91 Å². The van der Waals surface area contributed by atoms with Crippen molar-refractivity contribution in [2.75, 3.05) is 38.5 Å². The topological polar surface area (TPSA) is 84.0 Å². The SMILES string of the molecule is O=C(CSc1ccccc1)OCC(=O)N1CCN(S(=O)(=O)c2ccccc2)CC1. The molecule has 0 radical (unpaired) electrons. The zero-order valence-electron chi connectivity index (χ0n) is 15.8. The highest BCUT2D eigenvalue weighted by molar-refractivity contribution is 8.00. The highest BCUT2D eigenvalue weighted by Gasteiger charge is 2.30. The lowest BCUT2D eigenvalue weighted by atomic mass is 10.3. The quantitative estimate of drug-likeness (QED) is 0.489. The van der Waals surface area contributed by atoms with Crippen molar-refractivity contribution in [2.24, 2.45) is 0 Å². The van der Waals surface area contributed by atoms with Gasteiger partial charge in [0.2, 0.25) is 10.0 Å². The van der Waals surface area contributed by atoms with Crippen molar-refractivity contribution in [3.63, 3.8) is 0 Å². The number of rotatable bonds is 7. The number of ether oxygens (including phenoxy) is 1. The Morgan fingerprint density at radius 2 is 1.48 bits per heavy atom. The Morgan fingerprint density at radius 3 is 2.10 bits per heavy atom. The summed E-state index contributed by atoms with van der Waals surface area (Å²) in [6, 6.07) is 17.7. The number of sulfonamides is 1. The van der Waals surface area contributed by atoms with Crippen molar-refractivity contribution in [3.8, 4) is 0 Å². The molecule has 9 heteroatoms. The summed E-state index contributed by atoms with van der Waals surface area (Å²) in [6.07, 6.45) is 0. The van der Waals surface area contributed by atoms with Crippen LogP contribution in [0.5, 0.6) is 0 Å². The molecule has 2 aromatic rings. The number of carbonyl (C=O) groups is 2. The molecule has 29 heavy (non-hydrogen) atoms. The van der Waals surface area contributed by atoms with Crippen molar-refractivity contribution in [2.45, 2.75) is 9.79 Å². The number of thioether (sulfide) groups is 1. The lowest BCUT2D eigenvalue weighted by molar-refractivity contribution is -0.150. The molecular formula is C20H22N2O5S2. The van der Waals surface area contributed by atoms with Gasteiger partial charge in [-0.1, -0.05) is 36.4 Å². The Balaban J connectivity index is 1.42. The highest BCUT2D eigenvalue weighted by atomic mass is 32.2. The summed E-state index contributed by atoms with van der Waals surface area (Å²) < 4.78 is 31.7. The van der Waals surface area contributed by atoms with Gasteiger partial charge in [0.1, 0.15) is 0 Å². The number of hydrogen-bond donors (Lipinski definition) is 0. The predicted octanol–water partition coefficient (Wildman–Crippen LogP) is 1.85. The molecule has 2 aromatic carbocycles. The van der Waals surface area contributed by atoms with Gasteiger partial charge in [0.15, 0.2) is 6.61 Å². The molecule has 1 fully saturated rings. The first-order valence-corrected chi connectivity index (χ1v) is 11.6. The van der Waals surface area contributed by atoms with Gasteiger partial charge in [-0.05, 0) is 24.3 Å². The van der Waals surface area contributed by atoms with Crippen LogP contribution in [-0.4, -0.2) is 68.0 Å². The first kappa shape index (κ1) is 21.4. The molecule has 1 saturated heterocycles. The maximum Gasteiger partial charge on any atom is 0.316 e. The molecule has 0 bridgehead atoms. The molecule has 1 amide bonds. The van der Waals surface area contributed by atoms with Crippen LogP contribution in [0.15, 0.2) is 70.5 Å². The Kier molecular flexibility index (Phi) is 7.29. The lowest BCUT2D eigenvalue weighted by Crippen LogP contribution is -2.51. The summed E-state index contributed by atoms with van der Waals surface area (Å²) in [4.78, 5) is 26.8. The third-order valence-electron chi connectivity index (χ3n) is 4.43. The second kappa shape index (κ2) is 9.91. The van der Waals surface area contributed by atoms with E-state index < -0.39 is 16.0 Å². The largest absolute Gasteiger partial charge is 0.455 e. The molecule has 1 aliphatic rings. The molecule has 154 valence electrons. The first-order valence-electron chi connectivity index (χ1n) is 9.13. The van der Waals surface area contributed by atoms with Crippen LogP contribution in [0.4, 0.5) is 0 Å². The van der Waals surface area contributed by atoms with E-state index in [-0.39, 0.29) is 49.3 Å². The average molecular weight is 435 g/mol. The average Bonchev–Trinajstić information content (AvgIpc) is 2.77. The second-order valence-corrected chi connectivity index (χ2v) is 9.35. The smallest absolute Gasteiger partial charge is 0.316 e. The molecule has 0 aromatic heterocycles. The van der Waals surface area contributed by atoms with Gasteiger partial charge in [-0.25, -0.2) is 8.42 Å². The van der Waals surface area contributed by atoms with E-state index in [1.54, 1.807) is 30.3 Å². The van der Waals surface area contributed by atoms with E-state index in [1.165, 1.54) is 21.0 Å². The summed E-state index contributed by atoms with van der Waals surface area (Å²) >= 11 is 1.34. The summed E-state index contributed by atoms with van der Waals surface area (Å²) in [5.41, 5.74) is 0. The van der Waals surface area contributed by atoms with E-state index in [9.17, 15) is 18.0 Å². The van der Waals surface area contributed by atoms with Gasteiger partial charge in [0, 0.05) is 31.1 Å². The fraction of sp³-hybridized carbons (Fsp3) is 0.300. The van der Waals surface area contributed by atoms with E-state index in [0.29, 0.717) is 0 Å². The Labute approximate surface area is 174 Å². The van der Waals surface area contributed by atoms with Gasteiger partial charge in [-0.15, -0.1) is 11.8 Å². The molecular weight excluding hydrogens is 412 g/mol. The van der Waals surface area contributed by atoms with Crippen molar-refractivity contribution in [1.29, 1.82) is 0 Å². The van der Waals surface area contributed by atoms with Crippen molar-refractivity contribution in [3.05, 3.63) is 60.7 Å². The molecule has 0 N–H and O–H groups in total. The van der Waals surface area contributed by atoms with Gasteiger partial charge in [-0.3, -0.25) is 9.59 Å². The lowest BCUT2D eigenvalue weighted by Gasteiger charge is -2.33. The van der Waals surface area contributed by atoms with Crippen molar-refractivity contribution in [1.82, 2.24) is 9.21 Å². The molecule has 0 spiro atoms. The van der Waals surface area contributed by atoms with E-state index in [4.69, 9.17) is 4.74 Å². The Morgan fingerprint density at radius 1 is 0.897 bits per heavy atom. The molecule has 0 unspecified atom stereocenters. The molecule has 0 aliphatic carbocycles. The standard InChI is InChI=1S/C20H22N2O5S2/c23-19(15-27-20(24)16-28-17-7-3-1-4-8-17)21-11-13-22(14-12-21)29(25,26)18-9-5-2-6-10-18/h1-10H,11-16H2. The van der Waals surface area contributed by atoms with Crippen LogP contribution < -0.4 is 0 Å². The molecule has 1 heterocycles. The Hall–Kier alpha value is -2.36. The number of hydrogen-bond acceptors (Lipinski definition) is 6. The maximum absolute atomic E-state index is 12.6. The summed E-state index contributed by atoms with van der Waals surface area (Å²) in [7, 11) is -3.56. The van der Waals surface area contributed by atoms with Gasteiger partial charge in [0.05, 0.1) is 10.6 Å². The minimum absolute atomic E-state index is 0.125. The molecule has 1 aliphatic heterocycles. The molecule has 7 nitrogen and oxygen atoms in total. The van der Waals surface area contributed by atoms with Crippen LogP contribution in [0.25, 0.3) is 0 Å². The number of amides is 1. The maximum atomic E-state index is 12.6. The predicted molar refractivity (Wildman–Crippen MR) is 110 cm³/mol. The highest BCUT2D eigenvalue weighted by Crippen LogP contribution is 2.18. The summed E-state index contributed by atoms with van der Waals surface area (Å²) in [5.74, 6) is -0.655. The van der Waals surface area contributed by atoms with Crippen LogP contribution >= 0.6 is 11.8 Å². The van der Waals surface area contributed by atoms with Crippen molar-refractivity contribution < 1.29 is 22.7 Å². The summed E-state index contributed by atoms with van der Waals surface area (Å²) in [6.45, 7) is 0.615. The number of esters is 1. The van der Waals surface area contributed by atoms with Crippen LogP contribution in [0.3, 0.4) is 0 Å². The third-order valence-corrected chi connectivity index (χ3v) is 7.33.